The third kappa shape index (κ3) is 11.5. The average Bonchev–Trinajstić information content (AvgIpc) is 2.99. The van der Waals surface area contributed by atoms with Crippen molar-refractivity contribution in [2.45, 2.75) is 27.2 Å². The van der Waals surface area contributed by atoms with Crippen LogP contribution in [0.3, 0.4) is 0 Å². The van der Waals surface area contributed by atoms with E-state index in [1.165, 1.54) is 6.92 Å². The molecule has 0 saturated carbocycles. The first-order chi connectivity index (χ1) is 20.6. The highest BCUT2D eigenvalue weighted by atomic mass is 32.2. The predicted molar refractivity (Wildman–Crippen MR) is 160 cm³/mol. The van der Waals surface area contributed by atoms with Gasteiger partial charge in [-0.25, -0.2) is 13.2 Å². The summed E-state index contributed by atoms with van der Waals surface area (Å²) in [5.41, 5.74) is 3.12. The lowest BCUT2D eigenvalue weighted by Crippen LogP contribution is -2.13. The maximum atomic E-state index is 11.9. The summed E-state index contributed by atoms with van der Waals surface area (Å²) >= 11 is 0. The molecule has 0 amide bonds. The standard InChI is InChI=1S/C32H30O8S.CH2O/c1-4-18-39-30-21-29(17-11-25-8-14-27(15-9-25)32(34)38-5-2)31(40-19-20-41(35,36)37)22-28(30)16-10-24-6-12-26(13-7-24)23(3)33;1-2/h6-9,12-15,21-22H,4-5,18-20H2,1-3H3,(H,35,36,37);1H2/p-1. The Labute approximate surface area is 251 Å². The summed E-state index contributed by atoms with van der Waals surface area (Å²) in [6.45, 7) is 7.49. The molecular formula is C33H31O9S-. The van der Waals surface area contributed by atoms with Gasteiger partial charge in [-0.2, -0.15) is 0 Å². The van der Waals surface area contributed by atoms with Gasteiger partial charge in [0.15, 0.2) is 5.78 Å². The van der Waals surface area contributed by atoms with Crippen molar-refractivity contribution in [2.24, 2.45) is 0 Å². The SMILES string of the molecule is C=O.CCCOc1cc(C#Cc2ccc(C(=O)OCC)cc2)c(OCCS(=O)(=O)[O-])cc1C#Cc1ccc(C(C)=O)cc1. The monoisotopic (exact) mass is 603 g/mol. The van der Waals surface area contributed by atoms with Crippen molar-refractivity contribution in [3.63, 3.8) is 0 Å². The average molecular weight is 604 g/mol. The fourth-order valence-electron chi connectivity index (χ4n) is 3.43. The molecule has 0 fully saturated rings. The number of esters is 1. The van der Waals surface area contributed by atoms with Crippen LogP contribution in [0, 0.1) is 23.7 Å². The van der Waals surface area contributed by atoms with Crippen LogP contribution in [0.15, 0.2) is 60.7 Å². The van der Waals surface area contributed by atoms with Gasteiger partial charge in [-0.05, 0) is 56.7 Å². The molecule has 0 radical (unpaired) electrons. The molecule has 43 heavy (non-hydrogen) atoms. The number of hydrogen-bond donors (Lipinski definition) is 0. The lowest BCUT2D eigenvalue weighted by molar-refractivity contribution is -0.0980. The van der Waals surface area contributed by atoms with Crippen LogP contribution in [0.1, 0.15) is 70.2 Å². The molecule has 3 rings (SSSR count). The summed E-state index contributed by atoms with van der Waals surface area (Å²) in [7, 11) is -4.49. The number of ether oxygens (including phenoxy) is 3. The maximum Gasteiger partial charge on any atom is 0.338 e. The van der Waals surface area contributed by atoms with Gasteiger partial charge in [-0.15, -0.1) is 0 Å². The molecule has 0 unspecified atom stereocenters. The maximum absolute atomic E-state index is 11.9. The van der Waals surface area contributed by atoms with Gasteiger partial charge < -0.3 is 23.6 Å². The Bertz CT molecular complexity index is 1640. The Hall–Kier alpha value is -4.90. The van der Waals surface area contributed by atoms with Crippen molar-refractivity contribution < 1.29 is 41.6 Å². The van der Waals surface area contributed by atoms with Crippen molar-refractivity contribution in [2.75, 3.05) is 25.6 Å². The highest BCUT2D eigenvalue weighted by Gasteiger charge is 2.12. The number of ketones is 1. The Morgan fingerprint density at radius 3 is 1.65 bits per heavy atom. The molecule has 0 spiro atoms. The van der Waals surface area contributed by atoms with Crippen LogP contribution in [0.4, 0.5) is 0 Å². The van der Waals surface area contributed by atoms with Gasteiger partial charge in [0.05, 0.1) is 45.8 Å². The fraction of sp³-hybridized carbons (Fsp3) is 0.242. The molecule has 0 aliphatic rings. The van der Waals surface area contributed by atoms with E-state index in [4.69, 9.17) is 19.0 Å². The van der Waals surface area contributed by atoms with E-state index in [0.29, 0.717) is 45.7 Å². The van der Waals surface area contributed by atoms with Gasteiger partial charge in [0, 0.05) is 28.8 Å². The van der Waals surface area contributed by atoms with Crippen molar-refractivity contribution in [3.8, 4) is 35.2 Å². The number of benzene rings is 3. The molecule has 10 heteroatoms. The van der Waals surface area contributed by atoms with E-state index in [9.17, 15) is 22.6 Å². The molecular weight excluding hydrogens is 572 g/mol. The Kier molecular flexibility index (Phi) is 13.7. The molecule has 0 aliphatic heterocycles. The van der Waals surface area contributed by atoms with Crippen molar-refractivity contribution >= 4 is 28.7 Å². The zero-order valence-electron chi connectivity index (χ0n) is 24.1. The van der Waals surface area contributed by atoms with E-state index >= 15 is 0 Å². The molecule has 0 saturated heterocycles. The molecule has 3 aromatic rings. The molecule has 3 aromatic carbocycles. The lowest BCUT2D eigenvalue weighted by atomic mass is 10.1. The summed E-state index contributed by atoms with van der Waals surface area (Å²) in [5.74, 6) is 11.6. The Morgan fingerprint density at radius 2 is 1.23 bits per heavy atom. The molecule has 0 aliphatic carbocycles. The topological polar surface area (TPSA) is 136 Å². The number of Topliss-reactive ketones (excluding diaryl/α,β-unsaturated/α-hetero) is 1. The van der Waals surface area contributed by atoms with Gasteiger partial charge >= 0.3 is 5.97 Å². The van der Waals surface area contributed by atoms with E-state index in [2.05, 4.69) is 23.7 Å². The smallest absolute Gasteiger partial charge is 0.338 e. The second kappa shape index (κ2) is 17.1. The third-order valence-electron chi connectivity index (χ3n) is 5.50. The molecule has 0 heterocycles. The van der Waals surface area contributed by atoms with Gasteiger partial charge in [-0.3, -0.25) is 4.79 Å². The van der Waals surface area contributed by atoms with E-state index < -0.39 is 21.8 Å². The summed E-state index contributed by atoms with van der Waals surface area (Å²) in [4.78, 5) is 31.5. The number of rotatable bonds is 10. The first-order valence-electron chi connectivity index (χ1n) is 13.2. The summed E-state index contributed by atoms with van der Waals surface area (Å²) < 4.78 is 50.0. The van der Waals surface area contributed by atoms with Crippen molar-refractivity contribution in [1.82, 2.24) is 0 Å². The first-order valence-corrected chi connectivity index (χ1v) is 14.8. The van der Waals surface area contributed by atoms with Gasteiger partial charge in [0.2, 0.25) is 0 Å². The van der Waals surface area contributed by atoms with Gasteiger partial charge in [-0.1, -0.05) is 42.7 Å². The van der Waals surface area contributed by atoms with E-state index in [1.54, 1.807) is 67.6 Å². The van der Waals surface area contributed by atoms with E-state index in [1.807, 2.05) is 13.7 Å². The normalized spacial score (nSPS) is 10.0. The minimum Gasteiger partial charge on any atom is -0.748 e. The second-order valence-electron chi connectivity index (χ2n) is 8.73. The number of carbonyl (C=O) groups excluding carboxylic acids is 3. The summed E-state index contributed by atoms with van der Waals surface area (Å²) in [5, 5.41) is 0. The molecule has 224 valence electrons. The Balaban J connectivity index is 0.00000316. The zero-order valence-corrected chi connectivity index (χ0v) is 24.9. The highest BCUT2D eigenvalue weighted by Crippen LogP contribution is 2.29. The van der Waals surface area contributed by atoms with E-state index in [0.717, 1.165) is 6.42 Å². The van der Waals surface area contributed by atoms with Crippen LogP contribution in [0.5, 0.6) is 11.5 Å². The third-order valence-corrected chi connectivity index (χ3v) is 6.17. The van der Waals surface area contributed by atoms with Gasteiger partial charge in [0.1, 0.15) is 24.9 Å². The van der Waals surface area contributed by atoms with Crippen LogP contribution in [-0.4, -0.2) is 57.1 Å². The predicted octanol–water partition coefficient (Wildman–Crippen LogP) is 4.39. The molecule has 0 N–H and O–H groups in total. The fourth-order valence-corrected chi connectivity index (χ4v) is 3.72. The van der Waals surface area contributed by atoms with E-state index in [-0.39, 0.29) is 24.7 Å². The lowest BCUT2D eigenvalue weighted by Gasteiger charge is -2.14. The molecule has 9 nitrogen and oxygen atoms in total. The first kappa shape index (κ1) is 34.3. The van der Waals surface area contributed by atoms with Crippen LogP contribution in [0.25, 0.3) is 0 Å². The quantitative estimate of drug-likeness (QED) is 0.143. The molecule has 0 bridgehead atoms. The summed E-state index contributed by atoms with van der Waals surface area (Å²) in [6, 6.07) is 16.7. The van der Waals surface area contributed by atoms with Crippen LogP contribution < -0.4 is 9.47 Å². The second-order valence-corrected chi connectivity index (χ2v) is 10.3. The molecule has 0 aromatic heterocycles. The largest absolute Gasteiger partial charge is 0.748 e. The number of carbonyl (C=O) groups is 3. The number of hydrogen-bond acceptors (Lipinski definition) is 9. The summed E-state index contributed by atoms with van der Waals surface area (Å²) in [6.07, 6.45) is 0.743. The Morgan fingerprint density at radius 1 is 0.767 bits per heavy atom. The molecule has 0 atom stereocenters. The van der Waals surface area contributed by atoms with Crippen LogP contribution in [-0.2, 0) is 19.6 Å². The van der Waals surface area contributed by atoms with Crippen molar-refractivity contribution in [1.29, 1.82) is 0 Å². The minimum atomic E-state index is -4.49. The minimum absolute atomic E-state index is 0.0479. The zero-order chi connectivity index (χ0) is 31.8. The van der Waals surface area contributed by atoms with Crippen LogP contribution >= 0.6 is 0 Å². The highest BCUT2D eigenvalue weighted by molar-refractivity contribution is 7.85. The van der Waals surface area contributed by atoms with Crippen LogP contribution in [0.2, 0.25) is 0 Å². The van der Waals surface area contributed by atoms with Crippen molar-refractivity contribution in [3.05, 3.63) is 94.0 Å². The van der Waals surface area contributed by atoms with Gasteiger partial charge in [0.25, 0.3) is 0 Å².